The molecule has 21 heavy (non-hydrogen) atoms. The van der Waals surface area contributed by atoms with Crippen LogP contribution in [0.1, 0.15) is 0 Å². The first-order valence-electron chi connectivity index (χ1n) is 5.85. The predicted octanol–water partition coefficient (Wildman–Crippen LogP) is 4.09. The number of halogens is 3. The van der Waals surface area contributed by atoms with Crippen LogP contribution >= 0.6 is 43.5 Å². The Morgan fingerprint density at radius 1 is 1.10 bits per heavy atom. The van der Waals surface area contributed by atoms with Gasteiger partial charge in [0, 0.05) is 20.2 Å². The first-order chi connectivity index (χ1) is 10.1. The molecule has 8 heteroatoms. The smallest absolute Gasteiger partial charge is 0.188 e. The Hall–Kier alpha value is -1.44. The van der Waals surface area contributed by atoms with Crippen LogP contribution in [0, 0.1) is 0 Å². The first-order valence-corrected chi connectivity index (χ1v) is 7.82. The van der Waals surface area contributed by atoms with Crippen LogP contribution in [0.5, 0.6) is 0 Å². The summed E-state index contributed by atoms with van der Waals surface area (Å²) in [7, 11) is 0. The summed E-state index contributed by atoms with van der Waals surface area (Å²) in [5.74, 6) is 0.554. The molecular formula is C13H8Br2ClN5. The minimum Gasteiger partial charge on any atom is -0.399 e. The first kappa shape index (κ1) is 14.5. The van der Waals surface area contributed by atoms with Crippen molar-refractivity contribution in [2.45, 2.75) is 0 Å². The summed E-state index contributed by atoms with van der Waals surface area (Å²) in [6.45, 7) is 0. The fourth-order valence-corrected chi connectivity index (χ4v) is 3.06. The highest BCUT2D eigenvalue weighted by Gasteiger charge is 2.16. The topological polar surface area (TPSA) is 69.6 Å². The molecule has 0 aliphatic carbocycles. The SMILES string of the molecule is Nc1ccc(Br)c(-c2nnnn2-c2ccc(Br)cc2Cl)c1. The van der Waals surface area contributed by atoms with Crippen LogP contribution in [0.25, 0.3) is 17.1 Å². The Morgan fingerprint density at radius 3 is 2.67 bits per heavy atom. The van der Waals surface area contributed by atoms with Crippen molar-refractivity contribution in [1.82, 2.24) is 20.2 Å². The van der Waals surface area contributed by atoms with Gasteiger partial charge in [-0.15, -0.1) is 5.10 Å². The number of rotatable bonds is 2. The molecule has 0 saturated heterocycles. The molecule has 0 atom stereocenters. The van der Waals surface area contributed by atoms with Gasteiger partial charge in [0.2, 0.25) is 0 Å². The van der Waals surface area contributed by atoms with Gasteiger partial charge in [-0.05, 0) is 46.8 Å². The van der Waals surface area contributed by atoms with Crippen LogP contribution in [-0.2, 0) is 0 Å². The molecule has 5 nitrogen and oxygen atoms in total. The van der Waals surface area contributed by atoms with Gasteiger partial charge >= 0.3 is 0 Å². The number of benzene rings is 2. The second-order valence-electron chi connectivity index (χ2n) is 4.25. The van der Waals surface area contributed by atoms with Crippen molar-refractivity contribution in [3.63, 3.8) is 0 Å². The van der Waals surface area contributed by atoms with Crippen molar-refractivity contribution in [3.8, 4) is 17.1 Å². The van der Waals surface area contributed by atoms with E-state index < -0.39 is 0 Å². The van der Waals surface area contributed by atoms with Crippen molar-refractivity contribution in [3.05, 3.63) is 50.4 Å². The molecule has 0 unspecified atom stereocenters. The summed E-state index contributed by atoms with van der Waals surface area (Å²) in [5, 5.41) is 12.4. The van der Waals surface area contributed by atoms with Gasteiger partial charge in [0.15, 0.2) is 5.82 Å². The number of anilines is 1. The third-order valence-electron chi connectivity index (χ3n) is 2.84. The van der Waals surface area contributed by atoms with Crippen LogP contribution in [0.4, 0.5) is 5.69 Å². The molecule has 0 spiro atoms. The van der Waals surface area contributed by atoms with Crippen molar-refractivity contribution >= 4 is 49.1 Å². The number of nitrogens with two attached hydrogens (primary N) is 1. The Bertz CT molecular complexity index is 818. The summed E-state index contributed by atoms with van der Waals surface area (Å²) >= 11 is 13.1. The third-order valence-corrected chi connectivity index (χ3v) is 4.33. The van der Waals surface area contributed by atoms with Gasteiger partial charge in [-0.2, -0.15) is 4.68 Å². The maximum absolute atomic E-state index is 6.27. The molecule has 0 bridgehead atoms. The number of hydrogen-bond acceptors (Lipinski definition) is 4. The Labute approximate surface area is 142 Å². The molecule has 3 aromatic rings. The highest BCUT2D eigenvalue weighted by Crippen LogP contribution is 2.31. The molecule has 0 aliphatic rings. The number of nitrogens with zero attached hydrogens (tertiary/aromatic N) is 4. The standard InChI is InChI=1S/C13H8Br2ClN5/c14-7-1-4-12(11(16)5-7)21-13(18-19-20-21)9-6-8(17)2-3-10(9)15/h1-6H,17H2. The maximum atomic E-state index is 6.27. The van der Waals surface area contributed by atoms with Crippen LogP contribution in [0.2, 0.25) is 5.02 Å². The zero-order valence-corrected chi connectivity index (χ0v) is 14.4. The van der Waals surface area contributed by atoms with Crippen molar-refractivity contribution in [1.29, 1.82) is 0 Å². The van der Waals surface area contributed by atoms with E-state index in [-0.39, 0.29) is 0 Å². The van der Waals surface area contributed by atoms with E-state index in [1.165, 1.54) is 0 Å². The molecule has 2 N–H and O–H groups in total. The van der Waals surface area contributed by atoms with Gasteiger partial charge in [-0.1, -0.05) is 43.5 Å². The zero-order valence-electron chi connectivity index (χ0n) is 10.5. The second-order valence-corrected chi connectivity index (χ2v) is 6.43. The van der Waals surface area contributed by atoms with Crippen LogP contribution in [0.15, 0.2) is 45.3 Å². The normalized spacial score (nSPS) is 10.8. The van der Waals surface area contributed by atoms with Gasteiger partial charge in [-0.3, -0.25) is 0 Å². The fraction of sp³-hybridized carbons (Fsp3) is 0. The average molecular weight is 430 g/mol. The molecule has 3 rings (SSSR count). The predicted molar refractivity (Wildman–Crippen MR) is 89.4 cm³/mol. The summed E-state index contributed by atoms with van der Waals surface area (Å²) in [5.41, 5.74) is 7.95. The van der Waals surface area contributed by atoms with Crippen molar-refractivity contribution < 1.29 is 0 Å². The van der Waals surface area contributed by atoms with E-state index in [1.54, 1.807) is 22.9 Å². The number of nitrogen functional groups attached to an aromatic ring is 1. The summed E-state index contributed by atoms with van der Waals surface area (Å²) in [4.78, 5) is 0. The van der Waals surface area contributed by atoms with Gasteiger partial charge in [0.25, 0.3) is 0 Å². The van der Waals surface area contributed by atoms with Crippen LogP contribution < -0.4 is 5.73 Å². The van der Waals surface area contributed by atoms with Gasteiger partial charge in [-0.25, -0.2) is 0 Å². The van der Waals surface area contributed by atoms with E-state index in [0.29, 0.717) is 22.2 Å². The zero-order chi connectivity index (χ0) is 15.0. The van der Waals surface area contributed by atoms with E-state index >= 15 is 0 Å². The van der Waals surface area contributed by atoms with E-state index in [9.17, 15) is 0 Å². The lowest BCUT2D eigenvalue weighted by Gasteiger charge is -2.09. The maximum Gasteiger partial charge on any atom is 0.188 e. The van der Waals surface area contributed by atoms with Crippen LogP contribution in [0.3, 0.4) is 0 Å². The summed E-state index contributed by atoms with van der Waals surface area (Å²) in [6, 6.07) is 11.0. The van der Waals surface area contributed by atoms with Gasteiger partial charge < -0.3 is 5.73 Å². The minimum atomic E-state index is 0.540. The quantitative estimate of drug-likeness (QED) is 0.623. The van der Waals surface area contributed by atoms with E-state index in [4.69, 9.17) is 17.3 Å². The molecule has 0 radical (unpaired) electrons. The second kappa shape index (κ2) is 5.75. The highest BCUT2D eigenvalue weighted by atomic mass is 79.9. The lowest BCUT2D eigenvalue weighted by molar-refractivity contribution is 0.791. The van der Waals surface area contributed by atoms with Crippen LogP contribution in [-0.4, -0.2) is 20.2 Å². The minimum absolute atomic E-state index is 0.540. The lowest BCUT2D eigenvalue weighted by Crippen LogP contribution is -2.01. The summed E-state index contributed by atoms with van der Waals surface area (Å²) < 4.78 is 3.31. The average Bonchev–Trinajstić information content (AvgIpc) is 2.90. The van der Waals surface area contributed by atoms with E-state index in [2.05, 4.69) is 47.4 Å². The fourth-order valence-electron chi connectivity index (χ4n) is 1.88. The van der Waals surface area contributed by atoms with Crippen molar-refractivity contribution in [2.24, 2.45) is 0 Å². The molecule has 1 aromatic heterocycles. The molecule has 0 aliphatic heterocycles. The molecule has 0 saturated carbocycles. The van der Waals surface area contributed by atoms with E-state index in [0.717, 1.165) is 14.5 Å². The molecular weight excluding hydrogens is 421 g/mol. The largest absolute Gasteiger partial charge is 0.399 e. The molecule has 0 fully saturated rings. The third kappa shape index (κ3) is 2.81. The lowest BCUT2D eigenvalue weighted by atomic mass is 10.2. The molecule has 106 valence electrons. The highest BCUT2D eigenvalue weighted by molar-refractivity contribution is 9.10. The Balaban J connectivity index is 2.19. The number of tetrazole rings is 1. The molecule has 0 amide bonds. The van der Waals surface area contributed by atoms with Crippen molar-refractivity contribution in [2.75, 3.05) is 5.73 Å². The molecule has 2 aromatic carbocycles. The summed E-state index contributed by atoms with van der Waals surface area (Å²) in [6.07, 6.45) is 0. The molecule has 1 heterocycles. The Morgan fingerprint density at radius 2 is 1.90 bits per heavy atom. The monoisotopic (exact) mass is 427 g/mol. The van der Waals surface area contributed by atoms with Gasteiger partial charge in [0.1, 0.15) is 0 Å². The number of hydrogen-bond donors (Lipinski definition) is 1. The van der Waals surface area contributed by atoms with Gasteiger partial charge in [0.05, 0.1) is 10.7 Å². The Kier molecular flexibility index (Phi) is 3.97. The van der Waals surface area contributed by atoms with E-state index in [1.807, 2.05) is 18.2 Å². The number of aromatic nitrogens is 4.